The van der Waals surface area contributed by atoms with E-state index in [1.165, 1.54) is 11.3 Å². The van der Waals surface area contributed by atoms with Crippen LogP contribution in [-0.2, 0) is 9.59 Å². The summed E-state index contributed by atoms with van der Waals surface area (Å²) >= 11 is 4.86. The second-order valence-electron chi connectivity index (χ2n) is 8.44. The summed E-state index contributed by atoms with van der Waals surface area (Å²) in [5.41, 5.74) is 4.57. The predicted molar refractivity (Wildman–Crippen MR) is 113 cm³/mol. The minimum atomic E-state index is -0.459. The molecule has 1 unspecified atom stereocenters. The van der Waals surface area contributed by atoms with E-state index >= 15 is 0 Å². The molecule has 0 spiro atoms. The first-order valence-corrected chi connectivity index (χ1v) is 9.74. The van der Waals surface area contributed by atoms with Gasteiger partial charge in [-0.25, -0.2) is 0 Å². The second kappa shape index (κ2) is 6.75. The molecule has 2 aliphatic heterocycles. The van der Waals surface area contributed by atoms with Crippen molar-refractivity contribution in [3.63, 3.8) is 0 Å². The number of thiocarbonyl (C=S) groups is 1. The number of amides is 2. The van der Waals surface area contributed by atoms with Gasteiger partial charge in [-0.1, -0.05) is 6.92 Å². The molecule has 1 fully saturated rings. The van der Waals surface area contributed by atoms with Crippen molar-refractivity contribution in [2.75, 3.05) is 4.90 Å². The zero-order chi connectivity index (χ0) is 20.1. The van der Waals surface area contributed by atoms with E-state index < -0.39 is 11.8 Å². The third-order valence-corrected chi connectivity index (χ3v) is 5.63. The summed E-state index contributed by atoms with van der Waals surface area (Å²) in [7, 11) is 0. The first-order valence-electron chi connectivity index (χ1n) is 9.33. The van der Waals surface area contributed by atoms with Gasteiger partial charge in [-0.3, -0.25) is 20.2 Å². The molecule has 6 heteroatoms. The Labute approximate surface area is 166 Å². The lowest BCUT2D eigenvalue weighted by molar-refractivity contribution is -0.123. The summed E-state index contributed by atoms with van der Waals surface area (Å²) in [4.78, 5) is 26.8. The molecule has 27 heavy (non-hydrogen) atoms. The molecule has 1 aromatic carbocycles. The third-order valence-electron chi connectivity index (χ3n) is 5.42. The zero-order valence-corrected chi connectivity index (χ0v) is 17.6. The Bertz CT molecular complexity index is 848. The maximum Gasteiger partial charge on any atom is 0.263 e. The highest BCUT2D eigenvalue weighted by atomic mass is 32.1. The molecule has 0 saturated carbocycles. The molecule has 3 rings (SSSR count). The van der Waals surface area contributed by atoms with Crippen molar-refractivity contribution >= 4 is 40.9 Å². The maximum atomic E-state index is 12.2. The Morgan fingerprint density at radius 3 is 2.37 bits per heavy atom. The van der Waals surface area contributed by atoms with E-state index in [1.54, 1.807) is 6.08 Å². The van der Waals surface area contributed by atoms with Crippen molar-refractivity contribution in [2.24, 2.45) is 0 Å². The summed E-state index contributed by atoms with van der Waals surface area (Å²) in [6.45, 7) is 13.3. The van der Waals surface area contributed by atoms with E-state index in [4.69, 9.17) is 12.2 Å². The van der Waals surface area contributed by atoms with Crippen LogP contribution in [0.25, 0.3) is 6.08 Å². The fourth-order valence-electron chi connectivity index (χ4n) is 4.51. The number of carbonyl (C=O) groups excluding carboxylic acids is 2. The van der Waals surface area contributed by atoms with Crippen LogP contribution in [-0.4, -0.2) is 28.5 Å². The summed E-state index contributed by atoms with van der Waals surface area (Å²) in [6.07, 6.45) is 2.71. The first kappa shape index (κ1) is 19.5. The van der Waals surface area contributed by atoms with E-state index in [2.05, 4.69) is 62.3 Å². The minimum Gasteiger partial charge on any atom is -0.364 e. The highest BCUT2D eigenvalue weighted by Gasteiger charge is 2.38. The number of nitrogens with zero attached hydrogens (tertiary/aromatic N) is 1. The first-order chi connectivity index (χ1) is 12.5. The van der Waals surface area contributed by atoms with Crippen LogP contribution in [0.5, 0.6) is 0 Å². The molecular formula is C21H27N3O2S. The van der Waals surface area contributed by atoms with Crippen LogP contribution in [0.4, 0.5) is 5.69 Å². The normalized spacial score (nSPS) is 21.7. The van der Waals surface area contributed by atoms with Crippen molar-refractivity contribution in [1.29, 1.82) is 0 Å². The minimum absolute atomic E-state index is 0.0488. The maximum absolute atomic E-state index is 12.2. The lowest BCUT2D eigenvalue weighted by atomic mass is 9.78. The van der Waals surface area contributed by atoms with Gasteiger partial charge in [-0.15, -0.1) is 0 Å². The van der Waals surface area contributed by atoms with E-state index in [9.17, 15) is 9.59 Å². The molecule has 2 amide bonds. The fraction of sp³-hybridized carbons (Fsp3) is 0.476. The predicted octanol–water partition coefficient (Wildman–Crippen LogP) is 3.41. The summed E-state index contributed by atoms with van der Waals surface area (Å²) in [5.74, 6) is -0.526. The number of benzene rings is 1. The highest BCUT2D eigenvalue weighted by Crippen LogP contribution is 2.45. The number of rotatable bonds is 2. The van der Waals surface area contributed by atoms with Gasteiger partial charge in [0.25, 0.3) is 11.8 Å². The summed E-state index contributed by atoms with van der Waals surface area (Å²) in [5, 5.41) is 5.02. The van der Waals surface area contributed by atoms with E-state index in [0.29, 0.717) is 12.0 Å². The van der Waals surface area contributed by atoms with Crippen LogP contribution >= 0.6 is 12.2 Å². The molecule has 0 aromatic heterocycles. The molecule has 2 N–H and O–H groups in total. The number of aryl methyl sites for hydroxylation is 1. The van der Waals surface area contributed by atoms with Gasteiger partial charge in [0, 0.05) is 17.3 Å². The molecule has 1 saturated heterocycles. The van der Waals surface area contributed by atoms with Crippen LogP contribution < -0.4 is 15.5 Å². The molecule has 144 valence electrons. The molecule has 0 aliphatic carbocycles. The van der Waals surface area contributed by atoms with Gasteiger partial charge in [0.1, 0.15) is 5.57 Å². The molecule has 0 bridgehead atoms. The van der Waals surface area contributed by atoms with Crippen molar-refractivity contribution in [1.82, 2.24) is 10.6 Å². The number of nitrogens with one attached hydrogen (secondary N) is 2. The van der Waals surface area contributed by atoms with Crippen LogP contribution in [0.1, 0.15) is 63.6 Å². The summed E-state index contributed by atoms with van der Waals surface area (Å²) < 4.78 is 0. The third kappa shape index (κ3) is 3.50. The molecule has 5 nitrogen and oxygen atoms in total. The van der Waals surface area contributed by atoms with Crippen molar-refractivity contribution in [3.05, 3.63) is 34.4 Å². The van der Waals surface area contributed by atoms with E-state index in [1.807, 2.05) is 6.92 Å². The quantitative estimate of drug-likeness (QED) is 0.465. The number of anilines is 1. The topological polar surface area (TPSA) is 61.4 Å². The largest absolute Gasteiger partial charge is 0.364 e. The Morgan fingerprint density at radius 1 is 1.22 bits per heavy atom. The standard InChI is InChI=1S/C21H27N3O2S/c1-11(2)24-17-7-12(3)14(8-15(17)13(4)10-21(24,5)6)9-16-18(25)22-20(27)23-19(16)26/h7-9,11,13H,10H2,1-6H3,(H2,22,23,25,26,27). The number of hydrogen-bond acceptors (Lipinski definition) is 4. The van der Waals surface area contributed by atoms with Gasteiger partial charge in [-0.05, 0) is 94.1 Å². The van der Waals surface area contributed by atoms with Gasteiger partial charge in [0.05, 0.1) is 0 Å². The van der Waals surface area contributed by atoms with Gasteiger partial charge >= 0.3 is 0 Å². The van der Waals surface area contributed by atoms with Gasteiger partial charge in [-0.2, -0.15) is 0 Å². The average Bonchev–Trinajstić information content (AvgIpc) is 2.50. The lowest BCUT2D eigenvalue weighted by Gasteiger charge is -2.50. The van der Waals surface area contributed by atoms with Crippen molar-refractivity contribution in [3.8, 4) is 0 Å². The monoisotopic (exact) mass is 385 g/mol. The number of hydrogen-bond donors (Lipinski definition) is 2. The van der Waals surface area contributed by atoms with Crippen LogP contribution in [0.15, 0.2) is 17.7 Å². The molecule has 1 aromatic rings. The van der Waals surface area contributed by atoms with Crippen LogP contribution in [0.2, 0.25) is 0 Å². The summed E-state index contributed by atoms with van der Waals surface area (Å²) in [6, 6.07) is 4.69. The molecule has 1 atom stereocenters. The number of fused-ring (bicyclic) bond motifs is 1. The average molecular weight is 386 g/mol. The fourth-order valence-corrected chi connectivity index (χ4v) is 4.69. The second-order valence-corrected chi connectivity index (χ2v) is 8.85. The SMILES string of the molecule is Cc1cc2c(cc1C=C1C(=O)NC(=S)NC1=O)C(C)CC(C)(C)N2C(C)C. The Hall–Kier alpha value is -2.21. The molecule has 0 radical (unpaired) electrons. The molecular weight excluding hydrogens is 358 g/mol. The smallest absolute Gasteiger partial charge is 0.263 e. The number of carbonyl (C=O) groups is 2. The zero-order valence-electron chi connectivity index (χ0n) is 16.8. The lowest BCUT2D eigenvalue weighted by Crippen LogP contribution is -2.52. The Balaban J connectivity index is 2.11. The van der Waals surface area contributed by atoms with Crippen molar-refractivity contribution in [2.45, 2.75) is 65.5 Å². The highest BCUT2D eigenvalue weighted by molar-refractivity contribution is 7.80. The Kier molecular flexibility index (Phi) is 4.89. The van der Waals surface area contributed by atoms with E-state index in [-0.39, 0.29) is 16.2 Å². The molecule has 2 aliphatic rings. The Morgan fingerprint density at radius 2 is 1.81 bits per heavy atom. The molecule has 2 heterocycles. The van der Waals surface area contributed by atoms with Crippen LogP contribution in [0.3, 0.4) is 0 Å². The van der Waals surface area contributed by atoms with Gasteiger partial charge < -0.3 is 4.90 Å². The van der Waals surface area contributed by atoms with Crippen molar-refractivity contribution < 1.29 is 9.59 Å². The van der Waals surface area contributed by atoms with Gasteiger partial charge in [0.2, 0.25) is 0 Å². The van der Waals surface area contributed by atoms with E-state index in [0.717, 1.165) is 17.5 Å². The van der Waals surface area contributed by atoms with Gasteiger partial charge in [0.15, 0.2) is 5.11 Å². The van der Waals surface area contributed by atoms with Crippen LogP contribution in [0, 0.1) is 6.92 Å².